The molecular formula is C22H20N2O2S. The lowest BCUT2D eigenvalue weighted by molar-refractivity contribution is 0.0997. The van der Waals surface area contributed by atoms with Crippen LogP contribution >= 0.6 is 11.3 Å². The SMILES string of the molecule is C#CCn1c(=NC(=O)c2ccc3c(c2)CCCC3)sc2cccc(OC)c21. The van der Waals surface area contributed by atoms with Gasteiger partial charge in [0.25, 0.3) is 5.91 Å². The Morgan fingerprint density at radius 2 is 2.07 bits per heavy atom. The van der Waals surface area contributed by atoms with Gasteiger partial charge in [-0.05, 0) is 61.1 Å². The lowest BCUT2D eigenvalue weighted by atomic mass is 9.90. The molecule has 2 aromatic carbocycles. The molecule has 0 spiro atoms. The zero-order chi connectivity index (χ0) is 18.8. The molecule has 4 rings (SSSR count). The molecule has 0 saturated heterocycles. The van der Waals surface area contributed by atoms with Gasteiger partial charge in [-0.15, -0.1) is 6.42 Å². The van der Waals surface area contributed by atoms with Crippen molar-refractivity contribution in [1.29, 1.82) is 0 Å². The summed E-state index contributed by atoms with van der Waals surface area (Å²) in [6, 6.07) is 11.7. The highest BCUT2D eigenvalue weighted by atomic mass is 32.1. The maximum atomic E-state index is 12.8. The van der Waals surface area contributed by atoms with Gasteiger partial charge in [0.15, 0.2) is 4.80 Å². The number of terminal acetylenes is 1. The number of ether oxygens (including phenoxy) is 1. The van der Waals surface area contributed by atoms with Crippen LogP contribution in [0, 0.1) is 12.3 Å². The van der Waals surface area contributed by atoms with Crippen molar-refractivity contribution in [2.75, 3.05) is 7.11 Å². The van der Waals surface area contributed by atoms with E-state index in [1.54, 1.807) is 7.11 Å². The van der Waals surface area contributed by atoms with E-state index in [9.17, 15) is 4.79 Å². The molecule has 0 N–H and O–H groups in total. The summed E-state index contributed by atoms with van der Waals surface area (Å²) in [4.78, 5) is 17.8. The van der Waals surface area contributed by atoms with Crippen LogP contribution in [-0.2, 0) is 19.4 Å². The van der Waals surface area contributed by atoms with Gasteiger partial charge in [-0.1, -0.05) is 29.4 Å². The highest BCUT2D eigenvalue weighted by Gasteiger charge is 2.15. The van der Waals surface area contributed by atoms with Crippen molar-refractivity contribution in [3.63, 3.8) is 0 Å². The Labute approximate surface area is 162 Å². The summed E-state index contributed by atoms with van der Waals surface area (Å²) in [5.74, 6) is 3.14. The topological polar surface area (TPSA) is 43.6 Å². The third-order valence-corrected chi connectivity index (χ3v) is 5.97. The van der Waals surface area contributed by atoms with Gasteiger partial charge in [-0.2, -0.15) is 4.99 Å². The molecule has 1 aliphatic carbocycles. The van der Waals surface area contributed by atoms with Crippen LogP contribution in [0.5, 0.6) is 5.75 Å². The van der Waals surface area contributed by atoms with E-state index in [0.29, 0.717) is 16.9 Å². The van der Waals surface area contributed by atoms with Gasteiger partial charge in [-0.3, -0.25) is 4.79 Å². The minimum Gasteiger partial charge on any atom is -0.495 e. The van der Waals surface area contributed by atoms with Crippen LogP contribution in [0.2, 0.25) is 0 Å². The molecule has 1 aromatic heterocycles. The maximum absolute atomic E-state index is 12.8. The average molecular weight is 376 g/mol. The number of nitrogens with zero attached hydrogens (tertiary/aromatic N) is 2. The van der Waals surface area contributed by atoms with Gasteiger partial charge in [-0.25, -0.2) is 0 Å². The Hall–Kier alpha value is -2.84. The minimum absolute atomic E-state index is 0.236. The average Bonchev–Trinajstić information content (AvgIpc) is 3.05. The van der Waals surface area contributed by atoms with Gasteiger partial charge in [0.1, 0.15) is 11.3 Å². The number of fused-ring (bicyclic) bond motifs is 2. The van der Waals surface area contributed by atoms with Gasteiger partial charge in [0.2, 0.25) is 0 Å². The molecule has 3 aromatic rings. The molecular weight excluding hydrogens is 356 g/mol. The number of methoxy groups -OCH3 is 1. The molecule has 0 bridgehead atoms. The van der Waals surface area contributed by atoms with Crippen molar-refractivity contribution < 1.29 is 9.53 Å². The van der Waals surface area contributed by atoms with E-state index in [4.69, 9.17) is 11.2 Å². The zero-order valence-electron chi connectivity index (χ0n) is 15.2. The second-order valence-corrected chi connectivity index (χ2v) is 7.60. The number of aromatic nitrogens is 1. The molecule has 5 heteroatoms. The molecule has 0 radical (unpaired) electrons. The first-order valence-corrected chi connectivity index (χ1v) is 9.83. The second kappa shape index (κ2) is 7.42. The highest BCUT2D eigenvalue weighted by Crippen LogP contribution is 2.27. The predicted molar refractivity (Wildman–Crippen MR) is 108 cm³/mol. The molecule has 0 unspecified atom stereocenters. The van der Waals surface area contributed by atoms with Crippen LogP contribution in [0.25, 0.3) is 10.2 Å². The first-order valence-electron chi connectivity index (χ1n) is 9.02. The van der Waals surface area contributed by atoms with E-state index in [1.165, 1.54) is 35.3 Å². The molecule has 136 valence electrons. The van der Waals surface area contributed by atoms with Crippen LogP contribution in [-0.4, -0.2) is 17.6 Å². The van der Waals surface area contributed by atoms with Crippen LogP contribution in [0.15, 0.2) is 41.4 Å². The lowest BCUT2D eigenvalue weighted by Crippen LogP contribution is -2.17. The van der Waals surface area contributed by atoms with E-state index in [0.717, 1.165) is 28.8 Å². The summed E-state index contributed by atoms with van der Waals surface area (Å²) in [5, 5.41) is 0. The maximum Gasteiger partial charge on any atom is 0.279 e. The molecule has 0 atom stereocenters. The summed E-state index contributed by atoms with van der Waals surface area (Å²) in [6.45, 7) is 0.330. The van der Waals surface area contributed by atoms with Crippen molar-refractivity contribution in [1.82, 2.24) is 4.57 Å². The number of benzene rings is 2. The Balaban J connectivity index is 1.81. The normalized spacial score (nSPS) is 14.0. The van der Waals surface area contributed by atoms with Crippen LogP contribution < -0.4 is 9.54 Å². The monoisotopic (exact) mass is 376 g/mol. The standard InChI is InChI=1S/C22H20N2O2S/c1-3-13-24-20-18(26-2)9-6-10-19(20)27-22(24)23-21(25)17-12-11-15-7-4-5-8-16(15)14-17/h1,6,9-12,14H,4-5,7-8,13H2,2H3. The third-order valence-electron chi connectivity index (χ3n) is 4.93. The number of aryl methyl sites for hydroxylation is 2. The number of hydrogen-bond acceptors (Lipinski definition) is 3. The van der Waals surface area contributed by atoms with Gasteiger partial charge >= 0.3 is 0 Å². The fraction of sp³-hybridized carbons (Fsp3) is 0.273. The smallest absolute Gasteiger partial charge is 0.279 e. The fourth-order valence-corrected chi connectivity index (χ4v) is 4.65. The predicted octanol–water partition coefficient (Wildman–Crippen LogP) is 3.96. The summed E-state index contributed by atoms with van der Waals surface area (Å²) in [6.07, 6.45) is 10.1. The van der Waals surface area contributed by atoms with Crippen molar-refractivity contribution in [3.8, 4) is 18.1 Å². The third kappa shape index (κ3) is 3.29. The molecule has 1 amide bonds. The molecule has 0 saturated carbocycles. The van der Waals surface area contributed by atoms with E-state index < -0.39 is 0 Å². The van der Waals surface area contributed by atoms with Crippen molar-refractivity contribution >= 4 is 27.5 Å². The highest BCUT2D eigenvalue weighted by molar-refractivity contribution is 7.16. The molecule has 4 nitrogen and oxygen atoms in total. The quantitative estimate of drug-likeness (QED) is 0.650. The first-order chi connectivity index (χ1) is 13.2. The number of hydrogen-bond donors (Lipinski definition) is 0. The van der Waals surface area contributed by atoms with Crippen LogP contribution in [0.1, 0.15) is 34.3 Å². The number of carbonyl (C=O) groups excluding carboxylic acids is 1. The van der Waals surface area contributed by atoms with E-state index in [-0.39, 0.29) is 5.91 Å². The van der Waals surface area contributed by atoms with E-state index >= 15 is 0 Å². The number of amides is 1. The Bertz CT molecular complexity index is 1130. The molecule has 0 fully saturated rings. The number of para-hydroxylation sites is 1. The first kappa shape index (κ1) is 17.6. The van der Waals surface area contributed by atoms with Crippen molar-refractivity contribution in [2.45, 2.75) is 32.2 Å². The molecule has 1 aliphatic rings. The van der Waals surface area contributed by atoms with Crippen molar-refractivity contribution in [2.24, 2.45) is 4.99 Å². The summed E-state index contributed by atoms with van der Waals surface area (Å²) < 4.78 is 8.33. The fourth-order valence-electron chi connectivity index (χ4n) is 3.60. The van der Waals surface area contributed by atoms with Crippen molar-refractivity contribution in [3.05, 3.63) is 57.9 Å². The van der Waals surface area contributed by atoms with E-state index in [2.05, 4.69) is 17.0 Å². The summed E-state index contributed by atoms with van der Waals surface area (Å²) in [7, 11) is 1.63. The minimum atomic E-state index is -0.236. The van der Waals surface area contributed by atoms with Gasteiger partial charge < -0.3 is 9.30 Å². The molecule has 0 aliphatic heterocycles. The molecule has 27 heavy (non-hydrogen) atoms. The number of rotatable bonds is 3. The lowest BCUT2D eigenvalue weighted by Gasteiger charge is -2.15. The molecule has 1 heterocycles. The zero-order valence-corrected chi connectivity index (χ0v) is 16.0. The van der Waals surface area contributed by atoms with Crippen LogP contribution in [0.3, 0.4) is 0 Å². The Kier molecular flexibility index (Phi) is 4.83. The summed E-state index contributed by atoms with van der Waals surface area (Å²) in [5.41, 5.74) is 4.14. The summed E-state index contributed by atoms with van der Waals surface area (Å²) >= 11 is 1.45. The Morgan fingerprint density at radius 3 is 2.85 bits per heavy atom. The van der Waals surface area contributed by atoms with Gasteiger partial charge in [0, 0.05) is 5.56 Å². The number of carbonyl (C=O) groups is 1. The van der Waals surface area contributed by atoms with Gasteiger partial charge in [0.05, 0.1) is 18.4 Å². The van der Waals surface area contributed by atoms with Crippen LogP contribution in [0.4, 0.5) is 0 Å². The largest absolute Gasteiger partial charge is 0.495 e. The number of thiazole rings is 1. The Morgan fingerprint density at radius 1 is 1.26 bits per heavy atom. The second-order valence-electron chi connectivity index (χ2n) is 6.59. The van der Waals surface area contributed by atoms with E-state index in [1.807, 2.05) is 34.9 Å².